The first-order chi connectivity index (χ1) is 13.6. The number of hydrogen-bond donors (Lipinski definition) is 1. The lowest BCUT2D eigenvalue weighted by Gasteiger charge is -2.14. The SMILES string of the molecule is COc1cc(CNC(=O)c2cnn(-c3ccccc3)c2C)cc(OC)c1OC. The van der Waals surface area contributed by atoms with Gasteiger partial charge in [0, 0.05) is 6.54 Å². The molecule has 3 aromatic rings. The van der Waals surface area contributed by atoms with Gasteiger partial charge in [-0.15, -0.1) is 0 Å². The van der Waals surface area contributed by atoms with Gasteiger partial charge in [-0.3, -0.25) is 4.79 Å². The Kier molecular flexibility index (Phi) is 5.84. The standard InChI is InChI=1S/C21H23N3O4/c1-14-17(13-23-24(14)16-8-6-5-7-9-16)21(25)22-12-15-10-18(26-2)20(28-4)19(11-15)27-3/h5-11,13H,12H2,1-4H3,(H,22,25). The molecule has 28 heavy (non-hydrogen) atoms. The monoisotopic (exact) mass is 381 g/mol. The van der Waals surface area contributed by atoms with E-state index >= 15 is 0 Å². The van der Waals surface area contributed by atoms with Crippen molar-refractivity contribution in [1.82, 2.24) is 15.1 Å². The topological polar surface area (TPSA) is 74.6 Å². The van der Waals surface area contributed by atoms with Crippen LogP contribution in [0.1, 0.15) is 21.6 Å². The molecule has 2 aromatic carbocycles. The fourth-order valence-electron chi connectivity index (χ4n) is 2.98. The number of benzene rings is 2. The first kappa shape index (κ1) is 19.3. The van der Waals surface area contributed by atoms with E-state index in [1.54, 1.807) is 32.2 Å². The number of aromatic nitrogens is 2. The van der Waals surface area contributed by atoms with Crippen molar-refractivity contribution in [2.45, 2.75) is 13.5 Å². The maximum atomic E-state index is 12.7. The lowest BCUT2D eigenvalue weighted by molar-refractivity contribution is 0.0950. The third kappa shape index (κ3) is 3.78. The average molecular weight is 381 g/mol. The molecule has 0 bridgehead atoms. The number of carbonyl (C=O) groups is 1. The fourth-order valence-corrected chi connectivity index (χ4v) is 2.98. The molecule has 0 saturated heterocycles. The number of methoxy groups -OCH3 is 3. The first-order valence-corrected chi connectivity index (χ1v) is 8.76. The molecule has 1 amide bonds. The van der Waals surface area contributed by atoms with Gasteiger partial charge in [-0.1, -0.05) is 18.2 Å². The third-order valence-corrected chi connectivity index (χ3v) is 4.43. The third-order valence-electron chi connectivity index (χ3n) is 4.43. The van der Waals surface area contributed by atoms with Crippen LogP contribution in [0.3, 0.4) is 0 Å². The molecule has 0 spiro atoms. The molecule has 0 aliphatic heterocycles. The summed E-state index contributed by atoms with van der Waals surface area (Å²) in [5.41, 5.74) is 3.03. The minimum Gasteiger partial charge on any atom is -0.493 e. The van der Waals surface area contributed by atoms with Crippen molar-refractivity contribution in [3.8, 4) is 22.9 Å². The molecule has 1 N–H and O–H groups in total. The van der Waals surface area contributed by atoms with Crippen molar-refractivity contribution in [1.29, 1.82) is 0 Å². The van der Waals surface area contributed by atoms with E-state index in [4.69, 9.17) is 14.2 Å². The zero-order chi connectivity index (χ0) is 20.1. The number of nitrogens with one attached hydrogen (secondary N) is 1. The second-order valence-electron chi connectivity index (χ2n) is 6.11. The van der Waals surface area contributed by atoms with Gasteiger partial charge in [0.25, 0.3) is 5.91 Å². The van der Waals surface area contributed by atoms with Crippen molar-refractivity contribution in [3.63, 3.8) is 0 Å². The number of ether oxygens (including phenoxy) is 3. The molecule has 0 atom stereocenters. The molecule has 7 heteroatoms. The first-order valence-electron chi connectivity index (χ1n) is 8.76. The second-order valence-corrected chi connectivity index (χ2v) is 6.11. The van der Waals surface area contributed by atoms with Crippen molar-refractivity contribution in [2.24, 2.45) is 0 Å². The number of amides is 1. The molecule has 1 aromatic heterocycles. The van der Waals surface area contributed by atoms with E-state index in [-0.39, 0.29) is 5.91 Å². The molecule has 0 saturated carbocycles. The van der Waals surface area contributed by atoms with Crippen LogP contribution < -0.4 is 19.5 Å². The number of rotatable bonds is 7. The molecule has 0 radical (unpaired) electrons. The minimum atomic E-state index is -0.201. The molecular formula is C21H23N3O4. The Morgan fingerprint density at radius 3 is 2.25 bits per heavy atom. The summed E-state index contributed by atoms with van der Waals surface area (Å²) in [4.78, 5) is 12.7. The summed E-state index contributed by atoms with van der Waals surface area (Å²) >= 11 is 0. The van der Waals surface area contributed by atoms with Crippen LogP contribution in [-0.2, 0) is 6.54 Å². The molecule has 146 valence electrons. The highest BCUT2D eigenvalue weighted by molar-refractivity contribution is 5.95. The molecule has 0 unspecified atom stereocenters. The second kappa shape index (κ2) is 8.47. The van der Waals surface area contributed by atoms with E-state index in [9.17, 15) is 4.79 Å². The summed E-state index contributed by atoms with van der Waals surface area (Å²) < 4.78 is 17.8. The van der Waals surface area contributed by atoms with Crippen LogP contribution in [0.4, 0.5) is 0 Å². The van der Waals surface area contributed by atoms with Gasteiger partial charge in [-0.25, -0.2) is 4.68 Å². The Balaban J connectivity index is 1.77. The number of nitrogens with zero attached hydrogens (tertiary/aromatic N) is 2. The highest BCUT2D eigenvalue weighted by Crippen LogP contribution is 2.38. The molecule has 1 heterocycles. The van der Waals surface area contributed by atoms with Gasteiger partial charge in [-0.05, 0) is 36.8 Å². The summed E-state index contributed by atoms with van der Waals surface area (Å²) in [7, 11) is 4.66. The van der Waals surface area contributed by atoms with Crippen LogP contribution in [0.15, 0.2) is 48.7 Å². The maximum Gasteiger partial charge on any atom is 0.255 e. The van der Waals surface area contributed by atoms with E-state index in [1.165, 1.54) is 0 Å². The summed E-state index contributed by atoms with van der Waals surface area (Å²) in [6, 6.07) is 13.3. The molecule has 0 fully saturated rings. The van der Waals surface area contributed by atoms with Crippen LogP contribution in [0, 0.1) is 6.92 Å². The number of para-hydroxylation sites is 1. The molecule has 0 aliphatic carbocycles. The summed E-state index contributed by atoms with van der Waals surface area (Å²) in [5.74, 6) is 1.40. The van der Waals surface area contributed by atoms with E-state index in [1.807, 2.05) is 49.4 Å². The van der Waals surface area contributed by atoms with Crippen LogP contribution in [0.5, 0.6) is 17.2 Å². The van der Waals surface area contributed by atoms with Gasteiger partial charge < -0.3 is 19.5 Å². The molecule has 7 nitrogen and oxygen atoms in total. The van der Waals surface area contributed by atoms with Gasteiger partial charge in [0.1, 0.15) is 0 Å². The quantitative estimate of drug-likeness (QED) is 0.681. The van der Waals surface area contributed by atoms with Crippen LogP contribution >= 0.6 is 0 Å². The fraction of sp³-hybridized carbons (Fsp3) is 0.238. The van der Waals surface area contributed by atoms with E-state index in [0.717, 1.165) is 16.9 Å². The number of carbonyl (C=O) groups excluding carboxylic acids is 1. The highest BCUT2D eigenvalue weighted by atomic mass is 16.5. The smallest absolute Gasteiger partial charge is 0.255 e. The van der Waals surface area contributed by atoms with Gasteiger partial charge in [0.2, 0.25) is 5.75 Å². The summed E-state index contributed by atoms with van der Waals surface area (Å²) in [5, 5.41) is 7.26. The predicted molar refractivity (Wildman–Crippen MR) is 106 cm³/mol. The Bertz CT molecular complexity index is 942. The van der Waals surface area contributed by atoms with Crippen LogP contribution in [0.25, 0.3) is 5.69 Å². The van der Waals surface area contributed by atoms with Crippen LogP contribution in [-0.4, -0.2) is 37.0 Å². The Morgan fingerprint density at radius 2 is 1.68 bits per heavy atom. The largest absolute Gasteiger partial charge is 0.493 e. The lowest BCUT2D eigenvalue weighted by Crippen LogP contribution is -2.23. The van der Waals surface area contributed by atoms with E-state index in [2.05, 4.69) is 10.4 Å². The van der Waals surface area contributed by atoms with Gasteiger partial charge >= 0.3 is 0 Å². The van der Waals surface area contributed by atoms with Crippen molar-refractivity contribution >= 4 is 5.91 Å². The van der Waals surface area contributed by atoms with Crippen molar-refractivity contribution in [2.75, 3.05) is 21.3 Å². The summed E-state index contributed by atoms with van der Waals surface area (Å²) in [6.07, 6.45) is 1.58. The Hall–Kier alpha value is -3.48. The van der Waals surface area contributed by atoms with Crippen molar-refractivity contribution < 1.29 is 19.0 Å². The van der Waals surface area contributed by atoms with Crippen LogP contribution in [0.2, 0.25) is 0 Å². The zero-order valence-electron chi connectivity index (χ0n) is 16.4. The minimum absolute atomic E-state index is 0.201. The van der Waals surface area contributed by atoms with Crippen molar-refractivity contribution in [3.05, 3.63) is 65.5 Å². The summed E-state index contributed by atoms with van der Waals surface area (Å²) in [6.45, 7) is 2.18. The highest BCUT2D eigenvalue weighted by Gasteiger charge is 2.17. The van der Waals surface area contributed by atoms with Gasteiger partial charge in [0.05, 0.1) is 44.5 Å². The molecule has 3 rings (SSSR count). The maximum absolute atomic E-state index is 12.7. The van der Waals surface area contributed by atoms with Gasteiger partial charge in [-0.2, -0.15) is 5.10 Å². The van der Waals surface area contributed by atoms with E-state index in [0.29, 0.717) is 29.4 Å². The molecule has 0 aliphatic rings. The average Bonchev–Trinajstić information content (AvgIpc) is 3.13. The molecular weight excluding hydrogens is 358 g/mol. The predicted octanol–water partition coefficient (Wildman–Crippen LogP) is 3.14. The number of hydrogen-bond acceptors (Lipinski definition) is 5. The zero-order valence-corrected chi connectivity index (χ0v) is 16.4. The normalized spacial score (nSPS) is 10.4. The Labute approximate surface area is 163 Å². The Morgan fingerprint density at radius 1 is 1.04 bits per heavy atom. The van der Waals surface area contributed by atoms with E-state index < -0.39 is 0 Å². The van der Waals surface area contributed by atoms with Gasteiger partial charge in [0.15, 0.2) is 11.5 Å². The lowest BCUT2D eigenvalue weighted by atomic mass is 10.1.